The summed E-state index contributed by atoms with van der Waals surface area (Å²) < 4.78 is 0.268. The highest BCUT2D eigenvalue weighted by Gasteiger charge is 2.39. The van der Waals surface area contributed by atoms with E-state index in [1.54, 1.807) is 13.0 Å². The van der Waals surface area contributed by atoms with E-state index in [2.05, 4.69) is 0 Å². The zero-order valence-corrected chi connectivity index (χ0v) is 14.9. The monoisotopic (exact) mass is 348 g/mol. The first-order valence-corrected chi connectivity index (χ1v) is 8.62. The number of thiocarbonyl (C=S) groups is 1. The molecule has 1 amide bonds. The Morgan fingerprint density at radius 1 is 1.43 bits per heavy atom. The molecule has 1 saturated heterocycles. The molecule has 0 spiro atoms. The van der Waals surface area contributed by atoms with Crippen LogP contribution in [-0.4, -0.2) is 27.1 Å². The molecule has 1 aromatic carbocycles. The summed E-state index contributed by atoms with van der Waals surface area (Å²) in [4.78, 5) is 25.8. The van der Waals surface area contributed by atoms with Gasteiger partial charge in [0.05, 0.1) is 16.9 Å². The van der Waals surface area contributed by atoms with Gasteiger partial charge in [0.1, 0.15) is 4.32 Å². The van der Waals surface area contributed by atoms with E-state index < -0.39 is 12.0 Å². The van der Waals surface area contributed by atoms with Gasteiger partial charge in [-0.05, 0) is 30.0 Å². The maximum atomic E-state index is 12.7. The van der Waals surface area contributed by atoms with E-state index in [4.69, 9.17) is 12.2 Å². The van der Waals surface area contributed by atoms with Gasteiger partial charge < -0.3 is 9.90 Å². The van der Waals surface area contributed by atoms with E-state index in [9.17, 15) is 14.7 Å². The molecule has 0 N–H and O–H groups in total. The summed E-state index contributed by atoms with van der Waals surface area (Å²) in [5.41, 5.74) is 1.96. The quantitative estimate of drug-likeness (QED) is 0.604. The third kappa shape index (κ3) is 3.64. The average molecular weight is 348 g/mol. The Kier molecular flexibility index (Phi) is 5.59. The molecular weight excluding hydrogens is 330 g/mol. The molecule has 1 aliphatic rings. The first-order chi connectivity index (χ1) is 10.9. The van der Waals surface area contributed by atoms with Crippen molar-refractivity contribution >= 4 is 46.3 Å². The van der Waals surface area contributed by atoms with Crippen molar-refractivity contribution in [3.63, 3.8) is 0 Å². The highest BCUT2D eigenvalue weighted by molar-refractivity contribution is 8.26. The largest absolute Gasteiger partial charge is 0.548 e. The van der Waals surface area contributed by atoms with Crippen LogP contribution in [0.2, 0.25) is 0 Å². The Bertz CT molecular complexity index is 684. The van der Waals surface area contributed by atoms with Crippen LogP contribution in [0.15, 0.2) is 29.2 Å². The summed E-state index contributed by atoms with van der Waals surface area (Å²) in [5.74, 6) is -1.87. The summed E-state index contributed by atoms with van der Waals surface area (Å²) in [5, 5.41) is 11.5. The molecule has 0 unspecified atom stereocenters. The van der Waals surface area contributed by atoms with Crippen molar-refractivity contribution in [1.29, 1.82) is 0 Å². The van der Waals surface area contributed by atoms with E-state index >= 15 is 0 Å². The van der Waals surface area contributed by atoms with Crippen LogP contribution in [0.3, 0.4) is 0 Å². The first-order valence-electron chi connectivity index (χ1n) is 7.40. The third-order valence-electron chi connectivity index (χ3n) is 4.00. The number of aryl methyl sites for hydroxylation is 1. The number of thioether (sulfide) groups is 1. The summed E-state index contributed by atoms with van der Waals surface area (Å²) in [6, 6.07) is 6.65. The van der Waals surface area contributed by atoms with Crippen LogP contribution >= 0.6 is 24.0 Å². The Balaban J connectivity index is 2.36. The van der Waals surface area contributed by atoms with Gasteiger partial charge in [-0.3, -0.25) is 9.69 Å². The Labute approximate surface area is 145 Å². The normalized spacial score (nSPS) is 19.3. The van der Waals surface area contributed by atoms with Crippen LogP contribution in [0.5, 0.6) is 0 Å². The number of carbonyl (C=O) groups excluding carboxylic acids is 2. The van der Waals surface area contributed by atoms with Crippen LogP contribution in [0, 0.1) is 12.8 Å². The lowest BCUT2D eigenvalue weighted by Gasteiger charge is -2.32. The van der Waals surface area contributed by atoms with E-state index in [1.165, 1.54) is 4.90 Å². The van der Waals surface area contributed by atoms with Gasteiger partial charge in [-0.25, -0.2) is 0 Å². The number of benzene rings is 1. The molecule has 6 heteroatoms. The topological polar surface area (TPSA) is 60.4 Å². The van der Waals surface area contributed by atoms with E-state index in [0.717, 1.165) is 22.9 Å². The van der Waals surface area contributed by atoms with Gasteiger partial charge in [0.2, 0.25) is 0 Å². The van der Waals surface area contributed by atoms with Gasteiger partial charge in [-0.15, -0.1) is 0 Å². The van der Waals surface area contributed by atoms with Crippen molar-refractivity contribution in [2.24, 2.45) is 5.92 Å². The zero-order chi connectivity index (χ0) is 17.1. The number of hydrogen-bond acceptors (Lipinski definition) is 5. The lowest BCUT2D eigenvalue weighted by molar-refractivity contribution is -0.311. The standard InChI is InChI=1S/C17H19NO3S2/c1-4-10(2)14(16(20)21)18-15(19)13(23-17(18)22)9-12-8-6-5-7-11(12)3/h5-10,14H,4H2,1-3H3,(H,20,21)/p-1/b13-9-/t10-,14+/m0/s1. The highest BCUT2D eigenvalue weighted by Crippen LogP contribution is 2.36. The van der Waals surface area contributed by atoms with Crippen LogP contribution in [0.1, 0.15) is 31.4 Å². The molecule has 0 aliphatic carbocycles. The van der Waals surface area contributed by atoms with E-state index in [0.29, 0.717) is 11.3 Å². The molecule has 0 radical (unpaired) electrons. The molecule has 2 rings (SSSR count). The van der Waals surface area contributed by atoms with Crippen molar-refractivity contribution in [2.45, 2.75) is 33.2 Å². The number of carboxylic acid groups (broad SMARTS) is 1. The third-order valence-corrected chi connectivity index (χ3v) is 5.33. The Morgan fingerprint density at radius 3 is 2.65 bits per heavy atom. The SMILES string of the molecule is CC[C@H](C)[C@H](C(=O)[O-])N1C(=O)/C(=C/c2ccccc2C)SC1=S. The molecule has 23 heavy (non-hydrogen) atoms. The average Bonchev–Trinajstić information content (AvgIpc) is 2.77. The highest BCUT2D eigenvalue weighted by atomic mass is 32.2. The van der Waals surface area contributed by atoms with Crippen LogP contribution in [0.25, 0.3) is 6.08 Å². The number of rotatable bonds is 5. The number of aliphatic carboxylic acids is 1. The van der Waals surface area contributed by atoms with Gasteiger partial charge in [0, 0.05) is 0 Å². The van der Waals surface area contributed by atoms with Gasteiger partial charge in [-0.1, -0.05) is 68.5 Å². The predicted molar refractivity (Wildman–Crippen MR) is 94.4 cm³/mol. The second-order valence-electron chi connectivity index (χ2n) is 5.56. The molecule has 4 nitrogen and oxygen atoms in total. The number of amides is 1. The molecule has 0 aromatic heterocycles. The minimum Gasteiger partial charge on any atom is -0.548 e. The van der Waals surface area contributed by atoms with Crippen molar-refractivity contribution in [1.82, 2.24) is 4.90 Å². The summed E-state index contributed by atoms with van der Waals surface area (Å²) in [6.45, 7) is 5.61. The molecule has 0 bridgehead atoms. The molecule has 1 heterocycles. The minimum absolute atomic E-state index is 0.236. The van der Waals surface area contributed by atoms with E-state index in [-0.39, 0.29) is 16.1 Å². The van der Waals surface area contributed by atoms with Gasteiger partial charge in [0.15, 0.2) is 0 Å². The van der Waals surface area contributed by atoms with Crippen LogP contribution in [0.4, 0.5) is 0 Å². The molecule has 122 valence electrons. The second-order valence-corrected chi connectivity index (χ2v) is 7.23. The van der Waals surface area contributed by atoms with Crippen molar-refractivity contribution in [2.75, 3.05) is 0 Å². The lowest BCUT2D eigenvalue weighted by atomic mass is 9.98. The van der Waals surface area contributed by atoms with Crippen LogP contribution < -0.4 is 5.11 Å². The number of nitrogens with zero attached hydrogens (tertiary/aromatic N) is 1. The van der Waals surface area contributed by atoms with Crippen molar-refractivity contribution < 1.29 is 14.7 Å². The molecule has 1 aliphatic heterocycles. The minimum atomic E-state index is -1.27. The van der Waals surface area contributed by atoms with E-state index in [1.807, 2.05) is 38.1 Å². The molecule has 2 atom stereocenters. The predicted octanol–water partition coefficient (Wildman–Crippen LogP) is 2.36. The van der Waals surface area contributed by atoms with Gasteiger partial charge in [-0.2, -0.15) is 0 Å². The maximum Gasteiger partial charge on any atom is 0.266 e. The summed E-state index contributed by atoms with van der Waals surface area (Å²) in [7, 11) is 0. The first kappa shape index (κ1) is 17.7. The maximum absolute atomic E-state index is 12.7. The fourth-order valence-electron chi connectivity index (χ4n) is 2.43. The fraction of sp³-hybridized carbons (Fsp3) is 0.353. The number of carboxylic acids is 1. The molecule has 1 fully saturated rings. The van der Waals surface area contributed by atoms with Gasteiger partial charge >= 0.3 is 0 Å². The van der Waals surface area contributed by atoms with Crippen molar-refractivity contribution in [3.05, 3.63) is 40.3 Å². The van der Waals surface area contributed by atoms with Crippen molar-refractivity contribution in [3.8, 4) is 0 Å². The van der Waals surface area contributed by atoms with Gasteiger partial charge in [0.25, 0.3) is 5.91 Å². The van der Waals surface area contributed by atoms with Crippen LogP contribution in [-0.2, 0) is 9.59 Å². The Morgan fingerprint density at radius 2 is 2.09 bits per heavy atom. The smallest absolute Gasteiger partial charge is 0.266 e. The molecular formula is C17H18NO3S2-. The number of hydrogen-bond donors (Lipinski definition) is 0. The summed E-state index contributed by atoms with van der Waals surface area (Å²) >= 11 is 6.38. The fourth-order valence-corrected chi connectivity index (χ4v) is 3.75. The molecule has 1 aromatic rings. The number of carbonyl (C=O) groups is 2. The molecule has 0 saturated carbocycles. The second kappa shape index (κ2) is 7.27. The summed E-state index contributed by atoms with van der Waals surface area (Å²) in [6.07, 6.45) is 2.38. The lowest BCUT2D eigenvalue weighted by Crippen LogP contribution is -2.53. The Hall–Kier alpha value is -1.66. The zero-order valence-electron chi connectivity index (χ0n) is 13.2.